The third-order valence-corrected chi connectivity index (χ3v) is 5.19. The van der Waals surface area contributed by atoms with Crippen molar-refractivity contribution in [2.75, 3.05) is 13.8 Å². The Morgan fingerprint density at radius 3 is 2.96 bits per heavy atom. The van der Waals surface area contributed by atoms with Gasteiger partial charge in [0.1, 0.15) is 10.8 Å². The van der Waals surface area contributed by atoms with Crippen LogP contribution in [0.1, 0.15) is 16.1 Å². The van der Waals surface area contributed by atoms with E-state index in [4.69, 9.17) is 9.47 Å². The number of rotatable bonds is 5. The fourth-order valence-electron chi connectivity index (χ4n) is 3.07. The van der Waals surface area contributed by atoms with E-state index in [1.165, 1.54) is 6.07 Å². The summed E-state index contributed by atoms with van der Waals surface area (Å²) in [6, 6.07) is 11.1. The maximum absolute atomic E-state index is 11.2. The molecule has 0 atom stereocenters. The topological polar surface area (TPSA) is 77.7 Å². The number of ether oxygens (including phenoxy) is 2. The zero-order chi connectivity index (χ0) is 18.1. The first kappa shape index (κ1) is 16.9. The molecule has 0 fully saturated rings. The van der Waals surface area contributed by atoms with Gasteiger partial charge >= 0.3 is 0 Å². The quantitative estimate of drug-likeness (QED) is 0.503. The lowest BCUT2D eigenvalue weighted by Crippen LogP contribution is -2.20. The molecule has 26 heavy (non-hydrogen) atoms. The van der Waals surface area contributed by atoms with Gasteiger partial charge in [-0.25, -0.2) is 4.98 Å². The van der Waals surface area contributed by atoms with E-state index in [2.05, 4.69) is 16.0 Å². The monoisotopic (exact) mass is 371 g/mol. The Kier molecular flexibility index (Phi) is 4.54. The van der Waals surface area contributed by atoms with Crippen LogP contribution >= 0.6 is 11.3 Å². The summed E-state index contributed by atoms with van der Waals surface area (Å²) in [4.78, 5) is 17.6. The third-order valence-electron chi connectivity index (χ3n) is 4.17. The van der Waals surface area contributed by atoms with Crippen LogP contribution in [0.25, 0.3) is 10.2 Å². The van der Waals surface area contributed by atoms with Crippen LogP contribution in [-0.2, 0) is 24.4 Å². The van der Waals surface area contributed by atoms with Crippen molar-refractivity contribution >= 4 is 27.2 Å². The smallest absolute Gasteiger partial charge is 0.270 e. The van der Waals surface area contributed by atoms with Crippen LogP contribution in [0.15, 0.2) is 36.4 Å². The normalized spacial score (nSPS) is 13.6. The SMILES string of the molecule is CN(Cc1nc2ccccc2s1)Cc1cc([N+](=O)[O-])cc2c1OCOC2. The second-order valence-corrected chi connectivity index (χ2v) is 7.32. The summed E-state index contributed by atoms with van der Waals surface area (Å²) in [6.07, 6.45) is 0. The van der Waals surface area contributed by atoms with Crippen molar-refractivity contribution in [3.8, 4) is 5.75 Å². The molecule has 2 heterocycles. The number of nitro benzene ring substituents is 1. The molecule has 1 aliphatic rings. The van der Waals surface area contributed by atoms with E-state index in [-0.39, 0.29) is 17.4 Å². The maximum Gasteiger partial charge on any atom is 0.270 e. The van der Waals surface area contributed by atoms with Crippen LogP contribution < -0.4 is 4.74 Å². The van der Waals surface area contributed by atoms with Gasteiger partial charge in [0.2, 0.25) is 0 Å². The average molecular weight is 371 g/mol. The lowest BCUT2D eigenvalue weighted by Gasteiger charge is -2.23. The van der Waals surface area contributed by atoms with Crippen LogP contribution in [0.5, 0.6) is 5.75 Å². The Hall–Kier alpha value is -2.55. The highest BCUT2D eigenvalue weighted by Crippen LogP contribution is 2.33. The minimum Gasteiger partial charge on any atom is -0.467 e. The number of benzene rings is 2. The predicted octanol–water partition coefficient (Wildman–Crippen LogP) is 3.70. The van der Waals surface area contributed by atoms with Crippen molar-refractivity contribution < 1.29 is 14.4 Å². The van der Waals surface area contributed by atoms with Gasteiger partial charge in [0.05, 0.1) is 28.3 Å². The van der Waals surface area contributed by atoms with Crippen molar-refractivity contribution in [1.82, 2.24) is 9.88 Å². The zero-order valence-corrected chi connectivity index (χ0v) is 15.0. The molecule has 3 aromatic rings. The van der Waals surface area contributed by atoms with Gasteiger partial charge in [0.15, 0.2) is 6.79 Å². The van der Waals surface area contributed by atoms with E-state index in [9.17, 15) is 10.1 Å². The molecular weight excluding hydrogens is 354 g/mol. The highest BCUT2D eigenvalue weighted by Gasteiger charge is 2.22. The second-order valence-electron chi connectivity index (χ2n) is 6.21. The van der Waals surface area contributed by atoms with Gasteiger partial charge in [0.25, 0.3) is 5.69 Å². The molecule has 0 bridgehead atoms. The van der Waals surface area contributed by atoms with Crippen LogP contribution in [0.3, 0.4) is 0 Å². The van der Waals surface area contributed by atoms with Crippen LogP contribution in [0, 0.1) is 10.1 Å². The van der Waals surface area contributed by atoms with E-state index in [1.807, 2.05) is 25.2 Å². The summed E-state index contributed by atoms with van der Waals surface area (Å²) in [7, 11) is 1.97. The number of hydrogen-bond donors (Lipinski definition) is 0. The van der Waals surface area contributed by atoms with Gasteiger partial charge in [-0.05, 0) is 19.2 Å². The molecular formula is C18H17N3O4S. The summed E-state index contributed by atoms with van der Waals surface area (Å²) in [5.74, 6) is 0.693. The number of non-ortho nitro benzene ring substituents is 1. The van der Waals surface area contributed by atoms with Gasteiger partial charge in [-0.15, -0.1) is 11.3 Å². The molecule has 8 heteroatoms. The Balaban J connectivity index is 1.57. The lowest BCUT2D eigenvalue weighted by molar-refractivity contribution is -0.385. The molecule has 7 nitrogen and oxygen atoms in total. The van der Waals surface area contributed by atoms with Gasteiger partial charge in [0, 0.05) is 29.8 Å². The van der Waals surface area contributed by atoms with E-state index in [1.54, 1.807) is 17.4 Å². The number of hydrogen-bond acceptors (Lipinski definition) is 7. The number of nitro groups is 1. The predicted molar refractivity (Wildman–Crippen MR) is 98.2 cm³/mol. The molecule has 0 N–H and O–H groups in total. The first-order valence-corrected chi connectivity index (χ1v) is 8.95. The number of para-hydroxylation sites is 1. The van der Waals surface area contributed by atoms with Crippen molar-refractivity contribution in [3.63, 3.8) is 0 Å². The van der Waals surface area contributed by atoms with Gasteiger partial charge in [-0.3, -0.25) is 15.0 Å². The van der Waals surface area contributed by atoms with E-state index < -0.39 is 0 Å². The molecule has 2 aromatic carbocycles. The zero-order valence-electron chi connectivity index (χ0n) is 14.2. The molecule has 0 unspecified atom stereocenters. The minimum atomic E-state index is -0.383. The third kappa shape index (κ3) is 3.39. The molecule has 1 aromatic heterocycles. The van der Waals surface area contributed by atoms with E-state index in [0.29, 0.717) is 31.0 Å². The van der Waals surface area contributed by atoms with Gasteiger partial charge < -0.3 is 9.47 Å². The fourth-order valence-corrected chi connectivity index (χ4v) is 4.12. The fraction of sp³-hybridized carbons (Fsp3) is 0.278. The van der Waals surface area contributed by atoms with E-state index >= 15 is 0 Å². The van der Waals surface area contributed by atoms with Gasteiger partial charge in [-0.2, -0.15) is 0 Å². The average Bonchev–Trinajstić information content (AvgIpc) is 3.03. The number of nitrogens with zero attached hydrogens (tertiary/aromatic N) is 3. The maximum atomic E-state index is 11.2. The Labute approximate surface area is 153 Å². The van der Waals surface area contributed by atoms with Crippen molar-refractivity contribution in [2.24, 2.45) is 0 Å². The highest BCUT2D eigenvalue weighted by atomic mass is 32.1. The summed E-state index contributed by atoms with van der Waals surface area (Å²) in [5, 5.41) is 12.2. The molecule has 0 spiro atoms. The summed E-state index contributed by atoms with van der Waals surface area (Å²) in [5.41, 5.74) is 2.56. The summed E-state index contributed by atoms with van der Waals surface area (Å²) < 4.78 is 12.0. The Morgan fingerprint density at radius 2 is 2.15 bits per heavy atom. The second kappa shape index (κ2) is 6.99. The van der Waals surface area contributed by atoms with E-state index in [0.717, 1.165) is 20.8 Å². The van der Waals surface area contributed by atoms with Crippen LogP contribution in [0.2, 0.25) is 0 Å². The summed E-state index contributed by atoms with van der Waals surface area (Å²) in [6.45, 7) is 1.68. The molecule has 134 valence electrons. The summed E-state index contributed by atoms with van der Waals surface area (Å²) >= 11 is 1.66. The van der Waals surface area contributed by atoms with Crippen molar-refractivity contribution in [3.05, 3.63) is 62.6 Å². The van der Waals surface area contributed by atoms with Crippen LogP contribution in [0.4, 0.5) is 5.69 Å². The number of aromatic nitrogens is 1. The first-order valence-electron chi connectivity index (χ1n) is 8.14. The van der Waals surface area contributed by atoms with Crippen LogP contribution in [-0.4, -0.2) is 28.6 Å². The molecule has 0 saturated heterocycles. The number of thiazole rings is 1. The molecule has 0 radical (unpaired) electrons. The molecule has 1 aliphatic heterocycles. The van der Waals surface area contributed by atoms with Gasteiger partial charge in [-0.1, -0.05) is 12.1 Å². The Bertz CT molecular complexity index is 939. The first-order chi connectivity index (χ1) is 12.6. The largest absolute Gasteiger partial charge is 0.467 e. The highest BCUT2D eigenvalue weighted by molar-refractivity contribution is 7.18. The Morgan fingerprint density at radius 1 is 1.31 bits per heavy atom. The molecule has 0 amide bonds. The number of fused-ring (bicyclic) bond motifs is 2. The minimum absolute atomic E-state index is 0.0567. The van der Waals surface area contributed by atoms with Crippen molar-refractivity contribution in [1.29, 1.82) is 0 Å². The lowest BCUT2D eigenvalue weighted by atomic mass is 10.1. The van der Waals surface area contributed by atoms with Crippen molar-refractivity contribution in [2.45, 2.75) is 19.7 Å². The standard InChI is InChI=1S/C18H17N3O4S/c1-20(9-17-19-15-4-2-3-5-16(15)26-17)8-12-6-14(21(22)23)7-13-10-24-11-25-18(12)13/h2-7H,8-11H2,1H3. The molecule has 0 aliphatic carbocycles. The molecule has 0 saturated carbocycles. The molecule has 4 rings (SSSR count).